The lowest BCUT2D eigenvalue weighted by Gasteiger charge is -2.15. The molecule has 2 amide bonds. The van der Waals surface area contributed by atoms with E-state index in [1.54, 1.807) is 24.3 Å². The molecule has 0 aliphatic rings. The van der Waals surface area contributed by atoms with Crippen LogP contribution < -0.4 is 16.0 Å². The Balaban J connectivity index is 1.75. The average molecular weight is 467 g/mol. The van der Waals surface area contributed by atoms with Crippen molar-refractivity contribution in [3.8, 4) is 11.3 Å². The fourth-order valence-corrected chi connectivity index (χ4v) is 3.00. The summed E-state index contributed by atoms with van der Waals surface area (Å²) in [5.74, 6) is 0.525. The maximum atomic E-state index is 13.3. The van der Waals surface area contributed by atoms with Gasteiger partial charge in [-0.2, -0.15) is 13.2 Å². The third-order valence-corrected chi connectivity index (χ3v) is 4.43. The molecule has 3 aromatic heterocycles. The first-order valence-corrected chi connectivity index (χ1v) is 9.68. The lowest BCUT2D eigenvalue weighted by atomic mass is 10.1. The van der Waals surface area contributed by atoms with Crippen LogP contribution in [0.5, 0.6) is 0 Å². The Labute approximate surface area is 185 Å². The number of halogens is 4. The van der Waals surface area contributed by atoms with Crippen LogP contribution in [0.2, 0.25) is 5.02 Å². The quantitative estimate of drug-likeness (QED) is 0.419. The van der Waals surface area contributed by atoms with Gasteiger partial charge in [0.2, 0.25) is 0 Å². The summed E-state index contributed by atoms with van der Waals surface area (Å²) in [4.78, 5) is 24.0. The summed E-state index contributed by atoms with van der Waals surface area (Å²) < 4.78 is 39.8. The summed E-state index contributed by atoms with van der Waals surface area (Å²) in [6.07, 6.45) is -0.467. The van der Waals surface area contributed by atoms with Gasteiger partial charge in [0.25, 0.3) is 0 Å². The predicted octanol–water partition coefficient (Wildman–Crippen LogP) is 3.94. The van der Waals surface area contributed by atoms with E-state index in [4.69, 9.17) is 16.7 Å². The number of amides is 2. The zero-order valence-electron chi connectivity index (χ0n) is 16.4. The summed E-state index contributed by atoms with van der Waals surface area (Å²) >= 11 is 5.81. The van der Waals surface area contributed by atoms with E-state index in [9.17, 15) is 18.0 Å². The highest BCUT2D eigenvalue weighted by atomic mass is 35.5. The molecule has 3 heterocycles. The minimum absolute atomic E-state index is 0.0103. The Bertz CT molecular complexity index is 1070. The average Bonchev–Trinajstić information content (AvgIpc) is 2.77. The van der Waals surface area contributed by atoms with Crippen molar-refractivity contribution in [3.05, 3.63) is 65.2 Å². The molecule has 0 fully saturated rings. The van der Waals surface area contributed by atoms with Gasteiger partial charge in [0.1, 0.15) is 5.82 Å². The van der Waals surface area contributed by atoms with E-state index in [1.807, 2.05) is 0 Å². The molecule has 0 unspecified atom stereocenters. The number of aliphatic hydroxyl groups is 1. The van der Waals surface area contributed by atoms with Crippen LogP contribution in [0, 0.1) is 0 Å². The van der Waals surface area contributed by atoms with Gasteiger partial charge < -0.3 is 21.1 Å². The zero-order valence-corrected chi connectivity index (χ0v) is 17.2. The molecule has 0 aliphatic carbocycles. The molecular weight excluding hydrogens is 449 g/mol. The van der Waals surface area contributed by atoms with Gasteiger partial charge in [-0.25, -0.2) is 14.8 Å². The fourth-order valence-electron chi connectivity index (χ4n) is 2.72. The van der Waals surface area contributed by atoms with Crippen molar-refractivity contribution in [3.63, 3.8) is 0 Å². The van der Waals surface area contributed by atoms with E-state index in [-0.39, 0.29) is 24.4 Å². The third kappa shape index (κ3) is 6.05. The van der Waals surface area contributed by atoms with Crippen molar-refractivity contribution < 1.29 is 23.1 Å². The van der Waals surface area contributed by atoms with E-state index in [0.29, 0.717) is 23.6 Å². The number of carbonyl (C=O) groups is 1. The van der Waals surface area contributed by atoms with Crippen LogP contribution in [-0.2, 0) is 12.7 Å². The molecule has 12 heteroatoms. The van der Waals surface area contributed by atoms with Crippen LogP contribution in [0.15, 0.2) is 48.9 Å². The highest BCUT2D eigenvalue weighted by molar-refractivity contribution is 6.31. The second kappa shape index (κ2) is 10.2. The van der Waals surface area contributed by atoms with E-state index >= 15 is 0 Å². The largest absolute Gasteiger partial charge is 0.434 e. The number of nitrogens with zero attached hydrogens (tertiary/aromatic N) is 3. The maximum absolute atomic E-state index is 13.3. The van der Waals surface area contributed by atoms with E-state index in [0.717, 1.165) is 6.07 Å². The fraction of sp³-hybridized carbons (Fsp3) is 0.200. The SMILES string of the molecule is O=C(NCc1cc(Cl)c(C(F)(F)F)nc1-c1cccnc1)Nc1ccc(NCCO)nc1. The topological polar surface area (TPSA) is 112 Å². The van der Waals surface area contributed by atoms with Crippen molar-refractivity contribution in [2.24, 2.45) is 0 Å². The Morgan fingerprint density at radius 3 is 2.62 bits per heavy atom. The molecule has 0 radical (unpaired) electrons. The first-order chi connectivity index (χ1) is 15.3. The molecule has 0 saturated heterocycles. The van der Waals surface area contributed by atoms with Crippen LogP contribution >= 0.6 is 11.6 Å². The Morgan fingerprint density at radius 2 is 2.00 bits per heavy atom. The van der Waals surface area contributed by atoms with Crippen molar-refractivity contribution in [1.82, 2.24) is 20.3 Å². The number of aliphatic hydroxyl groups excluding tert-OH is 1. The highest BCUT2D eigenvalue weighted by Gasteiger charge is 2.36. The molecule has 3 aromatic rings. The summed E-state index contributed by atoms with van der Waals surface area (Å²) in [6.45, 7) is 0.154. The number of carbonyl (C=O) groups excluding carboxylic acids is 1. The normalized spacial score (nSPS) is 11.2. The molecule has 0 aromatic carbocycles. The Kier molecular flexibility index (Phi) is 7.44. The molecule has 8 nitrogen and oxygen atoms in total. The lowest BCUT2D eigenvalue weighted by Crippen LogP contribution is -2.28. The number of aromatic nitrogens is 3. The molecule has 0 bridgehead atoms. The van der Waals surface area contributed by atoms with Crippen LogP contribution in [0.3, 0.4) is 0 Å². The van der Waals surface area contributed by atoms with Gasteiger partial charge in [0.15, 0.2) is 5.69 Å². The van der Waals surface area contributed by atoms with Crippen LogP contribution in [0.4, 0.5) is 29.5 Å². The molecule has 0 spiro atoms. The minimum atomic E-state index is -4.73. The number of nitrogens with one attached hydrogen (secondary N) is 3. The molecule has 4 N–H and O–H groups in total. The second-order valence-corrected chi connectivity index (χ2v) is 6.86. The highest BCUT2D eigenvalue weighted by Crippen LogP contribution is 2.36. The summed E-state index contributed by atoms with van der Waals surface area (Å²) in [5, 5.41) is 16.2. The van der Waals surface area contributed by atoms with Crippen molar-refractivity contribution in [2.45, 2.75) is 12.7 Å². The minimum Gasteiger partial charge on any atom is -0.395 e. The summed E-state index contributed by atoms with van der Waals surface area (Å²) in [6, 6.07) is 6.87. The van der Waals surface area contributed by atoms with Crippen molar-refractivity contribution >= 4 is 29.1 Å². The lowest BCUT2D eigenvalue weighted by molar-refractivity contribution is -0.141. The van der Waals surface area contributed by atoms with Gasteiger partial charge >= 0.3 is 12.2 Å². The van der Waals surface area contributed by atoms with Gasteiger partial charge in [0.05, 0.1) is 29.2 Å². The standard InChI is InChI=1S/C20H18ClF3N6O2/c21-15-8-13(17(12-2-1-5-25-9-12)30-18(15)20(22,23)24)10-28-19(32)29-14-3-4-16(27-11-14)26-6-7-31/h1-5,8-9,11,31H,6-7,10H2,(H,26,27)(H2,28,29,32). The molecule has 32 heavy (non-hydrogen) atoms. The Morgan fingerprint density at radius 1 is 1.19 bits per heavy atom. The van der Waals surface area contributed by atoms with E-state index < -0.39 is 22.9 Å². The van der Waals surface area contributed by atoms with Gasteiger partial charge in [-0.05, 0) is 35.9 Å². The Hall–Kier alpha value is -3.44. The maximum Gasteiger partial charge on any atom is 0.434 e. The van der Waals surface area contributed by atoms with Crippen LogP contribution in [-0.4, -0.2) is 39.2 Å². The summed E-state index contributed by atoms with van der Waals surface area (Å²) in [5.41, 5.74) is -0.175. The smallest absolute Gasteiger partial charge is 0.395 e. The monoisotopic (exact) mass is 466 g/mol. The van der Waals surface area contributed by atoms with Gasteiger partial charge in [-0.1, -0.05) is 11.6 Å². The molecule has 0 saturated carbocycles. The number of rotatable bonds is 7. The third-order valence-electron chi connectivity index (χ3n) is 4.14. The van der Waals surface area contributed by atoms with Gasteiger partial charge in [0, 0.05) is 31.0 Å². The van der Waals surface area contributed by atoms with Crippen molar-refractivity contribution in [1.29, 1.82) is 0 Å². The number of urea groups is 1. The zero-order chi connectivity index (χ0) is 23.1. The van der Waals surface area contributed by atoms with E-state index in [2.05, 4.69) is 30.9 Å². The van der Waals surface area contributed by atoms with Gasteiger partial charge in [-0.15, -0.1) is 0 Å². The predicted molar refractivity (Wildman–Crippen MR) is 113 cm³/mol. The molecule has 3 rings (SSSR count). The molecule has 0 aliphatic heterocycles. The van der Waals surface area contributed by atoms with Gasteiger partial charge in [-0.3, -0.25) is 4.98 Å². The number of anilines is 2. The molecular formula is C20H18ClF3N6O2. The number of hydrogen-bond donors (Lipinski definition) is 4. The summed E-state index contributed by atoms with van der Waals surface area (Å²) in [7, 11) is 0. The first kappa shape index (κ1) is 23.2. The first-order valence-electron chi connectivity index (χ1n) is 9.30. The van der Waals surface area contributed by atoms with Crippen LogP contribution in [0.25, 0.3) is 11.3 Å². The molecule has 168 valence electrons. The second-order valence-electron chi connectivity index (χ2n) is 6.46. The number of alkyl halides is 3. The van der Waals surface area contributed by atoms with Crippen molar-refractivity contribution in [2.75, 3.05) is 23.8 Å². The number of hydrogen-bond acceptors (Lipinski definition) is 6. The van der Waals surface area contributed by atoms with E-state index in [1.165, 1.54) is 18.6 Å². The number of pyridine rings is 3. The molecule has 0 atom stereocenters. The van der Waals surface area contributed by atoms with Crippen LogP contribution in [0.1, 0.15) is 11.3 Å².